The van der Waals surface area contributed by atoms with Crippen LogP contribution in [0.4, 0.5) is 0 Å². The van der Waals surface area contributed by atoms with Gasteiger partial charge in [-0.25, -0.2) is 0 Å². The van der Waals surface area contributed by atoms with Crippen molar-refractivity contribution in [1.29, 1.82) is 0 Å². The highest BCUT2D eigenvalue weighted by Gasteiger charge is 2.31. The molecule has 2 aliphatic rings. The molecular weight excluding hydrogens is 240 g/mol. The van der Waals surface area contributed by atoms with Gasteiger partial charge >= 0.3 is 0 Å². The Morgan fingerprint density at radius 2 is 2.26 bits per heavy atom. The number of nitrogens with zero attached hydrogens (tertiary/aromatic N) is 1. The summed E-state index contributed by atoms with van der Waals surface area (Å²) in [5.74, 6) is 0.185. The van der Waals surface area contributed by atoms with Crippen LogP contribution in [-0.2, 0) is 16.1 Å². The van der Waals surface area contributed by atoms with E-state index in [4.69, 9.17) is 4.74 Å². The zero-order valence-corrected chi connectivity index (χ0v) is 11.3. The average molecular weight is 260 g/mol. The number of nitrogens with one attached hydrogen (secondary N) is 1. The summed E-state index contributed by atoms with van der Waals surface area (Å²) in [5, 5.41) is 3.34. The zero-order valence-electron chi connectivity index (χ0n) is 11.3. The van der Waals surface area contributed by atoms with Crippen LogP contribution in [0, 0.1) is 0 Å². The van der Waals surface area contributed by atoms with Crippen LogP contribution >= 0.6 is 0 Å². The van der Waals surface area contributed by atoms with E-state index >= 15 is 0 Å². The van der Waals surface area contributed by atoms with E-state index in [0.717, 1.165) is 13.1 Å². The molecule has 1 amide bonds. The second-order valence-electron chi connectivity index (χ2n) is 5.35. The standard InChI is InChI=1S/C15H20N2O2/c1-11-10-17(6-7-19-11)15(18)14-9-16-8-12-4-2-3-5-13(12)14/h2-5,11,14,16H,6-10H2,1H3. The van der Waals surface area contributed by atoms with Crippen LogP contribution in [0.3, 0.4) is 0 Å². The van der Waals surface area contributed by atoms with E-state index in [0.29, 0.717) is 19.7 Å². The Hall–Kier alpha value is -1.39. The van der Waals surface area contributed by atoms with Crippen LogP contribution in [-0.4, -0.2) is 43.2 Å². The maximum atomic E-state index is 12.7. The molecule has 0 aromatic heterocycles. The summed E-state index contributed by atoms with van der Waals surface area (Å²) in [6.45, 7) is 5.68. The van der Waals surface area contributed by atoms with E-state index in [9.17, 15) is 4.79 Å². The molecule has 1 saturated heterocycles. The molecule has 1 fully saturated rings. The topological polar surface area (TPSA) is 41.6 Å². The minimum atomic E-state index is -0.0461. The summed E-state index contributed by atoms with van der Waals surface area (Å²) in [6, 6.07) is 8.24. The maximum absolute atomic E-state index is 12.7. The van der Waals surface area contributed by atoms with Crippen molar-refractivity contribution < 1.29 is 9.53 Å². The number of fused-ring (bicyclic) bond motifs is 1. The van der Waals surface area contributed by atoms with Gasteiger partial charge in [0.2, 0.25) is 5.91 Å². The van der Waals surface area contributed by atoms with Crippen LogP contribution < -0.4 is 5.32 Å². The second kappa shape index (κ2) is 5.31. The Balaban J connectivity index is 1.81. The lowest BCUT2D eigenvalue weighted by molar-refractivity contribution is -0.139. The number of morpholine rings is 1. The van der Waals surface area contributed by atoms with E-state index in [1.54, 1.807) is 0 Å². The van der Waals surface area contributed by atoms with Gasteiger partial charge in [0, 0.05) is 26.2 Å². The largest absolute Gasteiger partial charge is 0.375 e. The highest BCUT2D eigenvalue weighted by Crippen LogP contribution is 2.26. The minimum absolute atomic E-state index is 0.0461. The molecule has 19 heavy (non-hydrogen) atoms. The number of hydrogen-bond acceptors (Lipinski definition) is 3. The smallest absolute Gasteiger partial charge is 0.231 e. The van der Waals surface area contributed by atoms with Crippen LogP contribution in [0.1, 0.15) is 24.0 Å². The Bertz CT molecular complexity index is 475. The second-order valence-corrected chi connectivity index (χ2v) is 5.35. The van der Waals surface area contributed by atoms with Gasteiger partial charge < -0.3 is 15.0 Å². The molecule has 2 heterocycles. The third-order valence-electron chi connectivity index (χ3n) is 3.95. The summed E-state index contributed by atoms with van der Waals surface area (Å²) in [6.07, 6.45) is 0.143. The molecule has 1 aromatic rings. The number of benzene rings is 1. The van der Waals surface area contributed by atoms with Crippen molar-refractivity contribution in [3.63, 3.8) is 0 Å². The normalized spacial score (nSPS) is 26.9. The van der Waals surface area contributed by atoms with E-state index in [-0.39, 0.29) is 17.9 Å². The summed E-state index contributed by atoms with van der Waals surface area (Å²) in [7, 11) is 0. The van der Waals surface area contributed by atoms with Crippen LogP contribution in [0.2, 0.25) is 0 Å². The summed E-state index contributed by atoms with van der Waals surface area (Å²) < 4.78 is 5.51. The maximum Gasteiger partial charge on any atom is 0.231 e. The lowest BCUT2D eigenvalue weighted by Crippen LogP contribution is -2.48. The van der Waals surface area contributed by atoms with Crippen molar-refractivity contribution in [1.82, 2.24) is 10.2 Å². The molecule has 2 aliphatic heterocycles. The lowest BCUT2D eigenvalue weighted by Gasteiger charge is -2.35. The molecule has 102 valence electrons. The minimum Gasteiger partial charge on any atom is -0.375 e. The first-order valence-corrected chi connectivity index (χ1v) is 6.94. The molecule has 0 radical (unpaired) electrons. The van der Waals surface area contributed by atoms with Crippen molar-refractivity contribution >= 4 is 5.91 Å². The molecule has 2 unspecified atom stereocenters. The van der Waals surface area contributed by atoms with Gasteiger partial charge in [-0.1, -0.05) is 24.3 Å². The summed E-state index contributed by atoms with van der Waals surface area (Å²) >= 11 is 0. The Labute approximate surface area is 113 Å². The quantitative estimate of drug-likeness (QED) is 0.823. The van der Waals surface area contributed by atoms with Gasteiger partial charge in [0.25, 0.3) is 0 Å². The molecule has 3 rings (SSSR count). The molecule has 4 heteroatoms. The molecule has 4 nitrogen and oxygen atoms in total. The van der Waals surface area contributed by atoms with E-state index in [2.05, 4.69) is 17.4 Å². The number of ether oxygens (including phenoxy) is 1. The third-order valence-corrected chi connectivity index (χ3v) is 3.95. The SMILES string of the molecule is CC1CN(C(=O)C2CNCc3ccccc32)CCO1. The van der Waals surface area contributed by atoms with Crippen molar-refractivity contribution in [2.75, 3.05) is 26.2 Å². The van der Waals surface area contributed by atoms with Gasteiger partial charge in [0.15, 0.2) is 0 Å². The first-order chi connectivity index (χ1) is 9.25. The number of carbonyl (C=O) groups excluding carboxylic acids is 1. The molecule has 1 N–H and O–H groups in total. The summed E-state index contributed by atoms with van der Waals surface area (Å²) in [4.78, 5) is 14.6. The van der Waals surface area contributed by atoms with Crippen molar-refractivity contribution in [3.8, 4) is 0 Å². The Morgan fingerprint density at radius 3 is 3.11 bits per heavy atom. The number of carbonyl (C=O) groups is 1. The predicted octanol–water partition coefficient (Wildman–Crippen LogP) is 1.12. The van der Waals surface area contributed by atoms with Crippen molar-refractivity contribution in [2.45, 2.75) is 25.5 Å². The Morgan fingerprint density at radius 1 is 1.42 bits per heavy atom. The Kier molecular flexibility index (Phi) is 3.53. The van der Waals surface area contributed by atoms with E-state index in [1.807, 2.05) is 24.0 Å². The third kappa shape index (κ3) is 2.51. The molecule has 0 aliphatic carbocycles. The van der Waals surface area contributed by atoms with Gasteiger partial charge in [0.1, 0.15) is 0 Å². The van der Waals surface area contributed by atoms with E-state index < -0.39 is 0 Å². The fraction of sp³-hybridized carbons (Fsp3) is 0.533. The van der Waals surface area contributed by atoms with Crippen molar-refractivity contribution in [3.05, 3.63) is 35.4 Å². The number of hydrogen-bond donors (Lipinski definition) is 1. The highest BCUT2D eigenvalue weighted by atomic mass is 16.5. The van der Waals surface area contributed by atoms with Gasteiger partial charge in [0.05, 0.1) is 18.6 Å². The summed E-state index contributed by atoms with van der Waals surface area (Å²) in [5.41, 5.74) is 2.43. The molecular formula is C15H20N2O2. The van der Waals surface area contributed by atoms with Crippen LogP contribution in [0.15, 0.2) is 24.3 Å². The molecule has 1 aromatic carbocycles. The average Bonchev–Trinajstić information content (AvgIpc) is 2.46. The fourth-order valence-electron chi connectivity index (χ4n) is 2.96. The lowest BCUT2D eigenvalue weighted by atomic mass is 9.89. The highest BCUT2D eigenvalue weighted by molar-refractivity contribution is 5.85. The van der Waals surface area contributed by atoms with Gasteiger partial charge in [-0.15, -0.1) is 0 Å². The van der Waals surface area contributed by atoms with Gasteiger partial charge in [-0.05, 0) is 18.1 Å². The molecule has 0 spiro atoms. The number of amides is 1. The van der Waals surface area contributed by atoms with Crippen LogP contribution in [0.25, 0.3) is 0 Å². The molecule has 0 bridgehead atoms. The monoisotopic (exact) mass is 260 g/mol. The van der Waals surface area contributed by atoms with Gasteiger partial charge in [-0.3, -0.25) is 4.79 Å². The van der Waals surface area contributed by atoms with Crippen LogP contribution in [0.5, 0.6) is 0 Å². The predicted molar refractivity (Wildman–Crippen MR) is 72.9 cm³/mol. The van der Waals surface area contributed by atoms with E-state index in [1.165, 1.54) is 11.1 Å². The fourth-order valence-corrected chi connectivity index (χ4v) is 2.96. The first-order valence-electron chi connectivity index (χ1n) is 6.94. The molecule has 0 saturated carbocycles. The van der Waals surface area contributed by atoms with Crippen molar-refractivity contribution in [2.24, 2.45) is 0 Å². The van der Waals surface area contributed by atoms with Gasteiger partial charge in [-0.2, -0.15) is 0 Å². The number of rotatable bonds is 1. The first kappa shape index (κ1) is 12.6. The molecule has 2 atom stereocenters. The zero-order chi connectivity index (χ0) is 13.2.